The fourth-order valence-electron chi connectivity index (χ4n) is 1.73. The van der Waals surface area contributed by atoms with Crippen LogP contribution in [0.2, 0.25) is 0 Å². The van der Waals surface area contributed by atoms with Crippen molar-refractivity contribution >= 4 is 11.6 Å². The summed E-state index contributed by atoms with van der Waals surface area (Å²) in [6, 6.07) is 3.48. The van der Waals surface area contributed by atoms with Gasteiger partial charge in [-0.1, -0.05) is 30.1 Å². The number of allylic oxidation sites excluding steroid dienone is 5. The Hall–Kier alpha value is -3.59. The molecule has 0 saturated carbocycles. The zero-order valence-electron chi connectivity index (χ0n) is 13.2. The lowest BCUT2D eigenvalue weighted by atomic mass is 10.2. The average Bonchev–Trinajstić information content (AvgIpc) is 3.07. The lowest BCUT2D eigenvalue weighted by Crippen LogP contribution is -2.13. The van der Waals surface area contributed by atoms with Crippen LogP contribution in [0.1, 0.15) is 23.0 Å². The van der Waals surface area contributed by atoms with E-state index in [-0.39, 0.29) is 11.6 Å². The van der Waals surface area contributed by atoms with Crippen LogP contribution in [0.15, 0.2) is 66.8 Å². The van der Waals surface area contributed by atoms with Crippen molar-refractivity contribution in [2.24, 2.45) is 5.73 Å². The van der Waals surface area contributed by atoms with Gasteiger partial charge in [-0.15, -0.1) is 0 Å². The highest BCUT2D eigenvalue weighted by molar-refractivity contribution is 6.04. The van der Waals surface area contributed by atoms with E-state index in [0.29, 0.717) is 16.8 Å². The zero-order chi connectivity index (χ0) is 17.2. The minimum absolute atomic E-state index is 0.278. The maximum atomic E-state index is 12.3. The molecule has 6 nitrogen and oxygen atoms in total. The first-order valence-corrected chi connectivity index (χ1v) is 7.22. The fraction of sp³-hybridized carbons (Fsp3) is 0.0556. The summed E-state index contributed by atoms with van der Waals surface area (Å²) in [5, 5.41) is 9.26. The number of nitrogens with two attached hydrogens (primary N) is 1. The minimum atomic E-state index is -0.340. The van der Waals surface area contributed by atoms with Gasteiger partial charge >= 0.3 is 0 Å². The zero-order valence-corrected chi connectivity index (χ0v) is 13.2. The first-order chi connectivity index (χ1) is 11.7. The van der Waals surface area contributed by atoms with Crippen molar-refractivity contribution in [2.75, 3.05) is 5.32 Å². The molecule has 6 heteroatoms. The van der Waals surface area contributed by atoms with E-state index in [1.165, 1.54) is 12.4 Å². The number of amides is 1. The predicted octanol–water partition coefficient (Wildman–Crippen LogP) is 2.38. The van der Waals surface area contributed by atoms with Crippen molar-refractivity contribution in [1.29, 1.82) is 0 Å². The number of rotatable bonds is 4. The van der Waals surface area contributed by atoms with Crippen LogP contribution < -0.4 is 11.1 Å². The Bertz CT molecular complexity index is 835. The molecule has 0 spiro atoms. The number of hydrogen-bond donors (Lipinski definition) is 3. The standard InChI is InChI=1S/C18H17N5O/c1-2-3-4-6-14(11-19)8-9-15-12-21-23-17(15)18(24)22-16-7-5-10-20-13-16/h2-7,10-13H,19H2,1H3,(H,21,23)(H,22,24)/b3-2+,6-4-,14-11+. The number of nitrogens with zero attached hydrogens (tertiary/aromatic N) is 2. The molecule has 120 valence electrons. The van der Waals surface area contributed by atoms with Crippen molar-refractivity contribution in [3.63, 3.8) is 0 Å². The molecule has 4 N–H and O–H groups in total. The van der Waals surface area contributed by atoms with Gasteiger partial charge < -0.3 is 11.1 Å². The summed E-state index contributed by atoms with van der Waals surface area (Å²) >= 11 is 0. The first-order valence-electron chi connectivity index (χ1n) is 7.22. The number of hydrogen-bond acceptors (Lipinski definition) is 4. The summed E-state index contributed by atoms with van der Waals surface area (Å²) in [5.41, 5.74) is 7.53. The summed E-state index contributed by atoms with van der Waals surface area (Å²) in [5.74, 6) is 5.46. The highest BCUT2D eigenvalue weighted by Crippen LogP contribution is 2.09. The Balaban J connectivity index is 2.16. The van der Waals surface area contributed by atoms with Crippen molar-refractivity contribution in [3.05, 3.63) is 78.1 Å². The van der Waals surface area contributed by atoms with Gasteiger partial charge in [0, 0.05) is 18.0 Å². The molecular formula is C18H17N5O. The normalized spacial score (nSPS) is 11.5. The maximum absolute atomic E-state index is 12.3. The van der Waals surface area contributed by atoms with E-state index in [0.717, 1.165) is 0 Å². The Kier molecular flexibility index (Phi) is 6.12. The van der Waals surface area contributed by atoms with Crippen LogP contribution in [-0.2, 0) is 0 Å². The van der Waals surface area contributed by atoms with Crippen LogP contribution in [0.25, 0.3) is 0 Å². The number of carbonyl (C=O) groups excluding carboxylic acids is 1. The Morgan fingerprint density at radius 1 is 1.38 bits per heavy atom. The van der Waals surface area contributed by atoms with E-state index < -0.39 is 0 Å². The number of anilines is 1. The van der Waals surface area contributed by atoms with Crippen LogP contribution >= 0.6 is 0 Å². The summed E-state index contributed by atoms with van der Waals surface area (Å²) < 4.78 is 0. The Morgan fingerprint density at radius 2 is 2.25 bits per heavy atom. The molecule has 0 fully saturated rings. The molecule has 24 heavy (non-hydrogen) atoms. The molecule has 0 aliphatic carbocycles. The van der Waals surface area contributed by atoms with E-state index in [2.05, 4.69) is 32.3 Å². The van der Waals surface area contributed by atoms with E-state index >= 15 is 0 Å². The second-order valence-electron chi connectivity index (χ2n) is 4.61. The van der Waals surface area contributed by atoms with Crippen LogP contribution in [0.4, 0.5) is 5.69 Å². The molecular weight excluding hydrogens is 302 g/mol. The highest BCUT2D eigenvalue weighted by atomic mass is 16.1. The topological polar surface area (TPSA) is 96.7 Å². The number of nitrogens with one attached hydrogen (secondary N) is 2. The Morgan fingerprint density at radius 3 is 2.96 bits per heavy atom. The second-order valence-corrected chi connectivity index (χ2v) is 4.61. The van der Waals surface area contributed by atoms with E-state index in [1.54, 1.807) is 30.6 Å². The van der Waals surface area contributed by atoms with Gasteiger partial charge in [0.05, 0.1) is 23.6 Å². The minimum Gasteiger partial charge on any atom is -0.404 e. The molecule has 2 aromatic heterocycles. The van der Waals surface area contributed by atoms with Crippen LogP contribution in [-0.4, -0.2) is 21.1 Å². The van der Waals surface area contributed by atoms with Crippen molar-refractivity contribution in [1.82, 2.24) is 15.2 Å². The van der Waals surface area contributed by atoms with Gasteiger partial charge in [0.1, 0.15) is 5.69 Å². The molecule has 0 atom stereocenters. The quantitative estimate of drug-likeness (QED) is 0.595. The molecule has 2 rings (SSSR count). The van der Waals surface area contributed by atoms with Gasteiger partial charge in [0.15, 0.2) is 0 Å². The molecule has 1 amide bonds. The van der Waals surface area contributed by atoms with Crippen molar-refractivity contribution in [3.8, 4) is 11.8 Å². The van der Waals surface area contributed by atoms with Crippen LogP contribution in [0, 0.1) is 11.8 Å². The van der Waals surface area contributed by atoms with Gasteiger partial charge in [0.2, 0.25) is 0 Å². The van der Waals surface area contributed by atoms with E-state index in [9.17, 15) is 4.79 Å². The van der Waals surface area contributed by atoms with Gasteiger partial charge in [-0.3, -0.25) is 14.9 Å². The van der Waals surface area contributed by atoms with Gasteiger partial charge in [-0.25, -0.2) is 0 Å². The third kappa shape index (κ3) is 4.71. The van der Waals surface area contributed by atoms with E-state index in [1.807, 2.05) is 25.2 Å². The Labute approximate surface area is 140 Å². The number of carbonyl (C=O) groups is 1. The predicted molar refractivity (Wildman–Crippen MR) is 93.9 cm³/mol. The monoisotopic (exact) mass is 319 g/mol. The van der Waals surface area contributed by atoms with Crippen LogP contribution in [0.3, 0.4) is 0 Å². The molecule has 0 aliphatic rings. The first kappa shape index (κ1) is 16.8. The third-order valence-electron chi connectivity index (χ3n) is 2.89. The molecule has 0 saturated heterocycles. The summed E-state index contributed by atoms with van der Waals surface area (Å²) in [7, 11) is 0. The molecule has 0 radical (unpaired) electrons. The number of pyridine rings is 1. The molecule has 0 aliphatic heterocycles. The largest absolute Gasteiger partial charge is 0.404 e. The second kappa shape index (κ2) is 8.76. The molecule has 0 aromatic carbocycles. The van der Waals surface area contributed by atoms with Gasteiger partial charge in [-0.2, -0.15) is 5.10 Å². The number of H-pyrrole nitrogens is 1. The molecule has 0 unspecified atom stereocenters. The van der Waals surface area contributed by atoms with Gasteiger partial charge in [0.25, 0.3) is 5.91 Å². The van der Waals surface area contributed by atoms with E-state index in [4.69, 9.17) is 5.73 Å². The molecule has 2 heterocycles. The van der Waals surface area contributed by atoms with Crippen molar-refractivity contribution in [2.45, 2.75) is 6.92 Å². The third-order valence-corrected chi connectivity index (χ3v) is 2.89. The summed E-state index contributed by atoms with van der Waals surface area (Å²) in [6.45, 7) is 1.92. The van der Waals surface area contributed by atoms with Crippen molar-refractivity contribution < 1.29 is 4.79 Å². The molecule has 2 aromatic rings. The number of aromatic nitrogens is 3. The SMILES string of the molecule is C/C=C/C=C\C(C#Cc1cn[nH]c1C(=O)Nc1cccnc1)=C/N. The smallest absolute Gasteiger partial charge is 0.275 e. The van der Waals surface area contributed by atoms with Crippen LogP contribution in [0.5, 0.6) is 0 Å². The number of aromatic amines is 1. The molecule has 0 bridgehead atoms. The summed E-state index contributed by atoms with van der Waals surface area (Å²) in [4.78, 5) is 16.2. The van der Waals surface area contributed by atoms with Gasteiger partial charge in [-0.05, 0) is 25.1 Å². The highest BCUT2D eigenvalue weighted by Gasteiger charge is 2.12. The maximum Gasteiger partial charge on any atom is 0.275 e. The summed E-state index contributed by atoms with van der Waals surface area (Å²) in [6.07, 6.45) is 13.5. The average molecular weight is 319 g/mol. The lowest BCUT2D eigenvalue weighted by molar-refractivity contribution is 0.102. The fourth-order valence-corrected chi connectivity index (χ4v) is 1.73. The lowest BCUT2D eigenvalue weighted by Gasteiger charge is -2.02.